The number of benzene rings is 1. The first-order valence-electron chi connectivity index (χ1n) is 6.85. The van der Waals surface area contributed by atoms with Crippen molar-refractivity contribution in [1.82, 2.24) is 14.6 Å². The lowest BCUT2D eigenvalue weighted by atomic mass is 10.1. The molecule has 0 amide bonds. The second-order valence-corrected chi connectivity index (χ2v) is 4.93. The molecule has 2 heterocycles. The van der Waals surface area contributed by atoms with E-state index < -0.39 is 5.97 Å². The van der Waals surface area contributed by atoms with E-state index in [1.807, 2.05) is 18.2 Å². The number of hydrogen-bond acceptors (Lipinski definition) is 3. The van der Waals surface area contributed by atoms with Crippen molar-refractivity contribution in [1.29, 1.82) is 0 Å². The van der Waals surface area contributed by atoms with E-state index in [2.05, 4.69) is 29.1 Å². The van der Waals surface area contributed by atoms with Gasteiger partial charge in [0.1, 0.15) is 0 Å². The summed E-state index contributed by atoms with van der Waals surface area (Å²) in [5.74, 6) is -1.01. The number of aromatic carboxylic acids is 1. The average Bonchev–Trinajstić information content (AvgIpc) is 2.91. The van der Waals surface area contributed by atoms with E-state index in [1.165, 1.54) is 22.5 Å². The molecule has 0 aliphatic heterocycles. The van der Waals surface area contributed by atoms with Crippen LogP contribution < -0.4 is 0 Å². The molecule has 3 rings (SSSR count). The summed E-state index contributed by atoms with van der Waals surface area (Å²) in [6, 6.07) is 10.1. The number of carboxylic acids is 1. The van der Waals surface area contributed by atoms with Gasteiger partial charge in [0.25, 0.3) is 0 Å². The molecule has 21 heavy (non-hydrogen) atoms. The van der Waals surface area contributed by atoms with Crippen molar-refractivity contribution in [2.24, 2.45) is 0 Å². The highest BCUT2D eigenvalue weighted by atomic mass is 16.4. The maximum atomic E-state index is 10.9. The van der Waals surface area contributed by atoms with Crippen molar-refractivity contribution in [3.8, 4) is 11.3 Å². The summed E-state index contributed by atoms with van der Waals surface area (Å²) in [5, 5.41) is 13.4. The topological polar surface area (TPSA) is 67.5 Å². The minimum absolute atomic E-state index is 0.121. The summed E-state index contributed by atoms with van der Waals surface area (Å²) in [6.07, 6.45) is 5.00. The molecule has 5 nitrogen and oxygen atoms in total. The largest absolute Gasteiger partial charge is 0.478 e. The van der Waals surface area contributed by atoms with Gasteiger partial charge in [-0.15, -0.1) is 0 Å². The molecule has 5 heteroatoms. The first-order chi connectivity index (χ1) is 10.2. The van der Waals surface area contributed by atoms with Crippen LogP contribution in [0.1, 0.15) is 29.3 Å². The highest BCUT2D eigenvalue weighted by molar-refractivity contribution is 5.87. The lowest BCUT2D eigenvalue weighted by molar-refractivity contribution is 0.0695. The van der Waals surface area contributed by atoms with Crippen LogP contribution in [0.5, 0.6) is 0 Å². The van der Waals surface area contributed by atoms with E-state index in [1.54, 1.807) is 0 Å². The molecular formula is C16H15N3O2. The molecule has 0 fully saturated rings. The molecule has 0 saturated carbocycles. The number of fused-ring (bicyclic) bond motifs is 1. The SMILES string of the molecule is CCCc1ccc(-c2cc3ncc(C(=O)O)cn3n2)cc1. The van der Waals surface area contributed by atoms with Gasteiger partial charge >= 0.3 is 5.97 Å². The van der Waals surface area contributed by atoms with Gasteiger partial charge in [-0.1, -0.05) is 37.6 Å². The summed E-state index contributed by atoms with van der Waals surface area (Å²) in [7, 11) is 0. The Morgan fingerprint density at radius 1 is 1.29 bits per heavy atom. The van der Waals surface area contributed by atoms with Gasteiger partial charge in [0.2, 0.25) is 0 Å². The van der Waals surface area contributed by atoms with Crippen LogP contribution >= 0.6 is 0 Å². The molecule has 0 spiro atoms. The summed E-state index contributed by atoms with van der Waals surface area (Å²) in [4.78, 5) is 15.1. The Labute approximate surface area is 121 Å². The molecule has 2 aromatic heterocycles. The minimum Gasteiger partial charge on any atom is -0.478 e. The van der Waals surface area contributed by atoms with E-state index >= 15 is 0 Å². The van der Waals surface area contributed by atoms with Gasteiger partial charge in [-0.05, 0) is 12.0 Å². The van der Waals surface area contributed by atoms with Crippen molar-refractivity contribution >= 4 is 11.6 Å². The van der Waals surface area contributed by atoms with Crippen molar-refractivity contribution in [2.45, 2.75) is 19.8 Å². The Morgan fingerprint density at radius 3 is 2.71 bits per heavy atom. The van der Waals surface area contributed by atoms with Crippen LogP contribution in [0.25, 0.3) is 16.9 Å². The summed E-state index contributed by atoms with van der Waals surface area (Å²) >= 11 is 0. The predicted molar refractivity (Wildman–Crippen MR) is 79.4 cm³/mol. The van der Waals surface area contributed by atoms with Gasteiger partial charge in [0.05, 0.1) is 11.3 Å². The Balaban J connectivity index is 1.98. The van der Waals surface area contributed by atoms with Crippen molar-refractivity contribution in [3.63, 3.8) is 0 Å². The molecule has 3 aromatic rings. The third-order valence-corrected chi connectivity index (χ3v) is 3.35. The number of carboxylic acid groups (broad SMARTS) is 1. The van der Waals surface area contributed by atoms with Crippen molar-refractivity contribution in [2.75, 3.05) is 0 Å². The van der Waals surface area contributed by atoms with E-state index in [0.717, 1.165) is 24.1 Å². The van der Waals surface area contributed by atoms with E-state index in [0.29, 0.717) is 5.65 Å². The second kappa shape index (κ2) is 5.36. The molecule has 106 valence electrons. The van der Waals surface area contributed by atoms with E-state index in [-0.39, 0.29) is 5.56 Å². The fourth-order valence-corrected chi connectivity index (χ4v) is 2.26. The standard InChI is InChI=1S/C16H15N3O2/c1-2-3-11-4-6-12(7-5-11)14-8-15-17-9-13(16(20)21)10-19(15)18-14/h4-10H,2-3H2,1H3,(H,20,21). The first kappa shape index (κ1) is 13.3. The third kappa shape index (κ3) is 2.63. The molecular weight excluding hydrogens is 266 g/mol. The zero-order valence-corrected chi connectivity index (χ0v) is 11.7. The lowest BCUT2D eigenvalue weighted by Gasteiger charge is -2.00. The quantitative estimate of drug-likeness (QED) is 0.798. The molecule has 1 N–H and O–H groups in total. The van der Waals surface area contributed by atoms with Crippen LogP contribution in [0, 0.1) is 0 Å². The predicted octanol–water partition coefficient (Wildman–Crippen LogP) is 3.05. The first-order valence-corrected chi connectivity index (χ1v) is 6.85. The van der Waals surface area contributed by atoms with E-state index in [9.17, 15) is 4.79 Å². The van der Waals surface area contributed by atoms with Crippen LogP contribution in [0.3, 0.4) is 0 Å². The Morgan fingerprint density at radius 2 is 2.05 bits per heavy atom. The van der Waals surface area contributed by atoms with Gasteiger partial charge < -0.3 is 5.11 Å². The molecule has 0 atom stereocenters. The Kier molecular flexibility index (Phi) is 3.39. The van der Waals surface area contributed by atoms with Crippen LogP contribution in [-0.4, -0.2) is 25.7 Å². The van der Waals surface area contributed by atoms with Crippen molar-refractivity contribution in [3.05, 3.63) is 53.9 Å². The number of carbonyl (C=O) groups is 1. The van der Waals surface area contributed by atoms with Crippen LogP contribution in [-0.2, 0) is 6.42 Å². The highest BCUT2D eigenvalue weighted by Gasteiger charge is 2.09. The Bertz CT molecular complexity index is 791. The van der Waals surface area contributed by atoms with Gasteiger partial charge in [-0.2, -0.15) is 5.10 Å². The van der Waals surface area contributed by atoms with Gasteiger partial charge in [0.15, 0.2) is 5.65 Å². The summed E-state index contributed by atoms with van der Waals surface area (Å²) in [5.41, 5.74) is 3.84. The third-order valence-electron chi connectivity index (χ3n) is 3.35. The Hall–Kier alpha value is -2.69. The highest BCUT2D eigenvalue weighted by Crippen LogP contribution is 2.20. The van der Waals surface area contributed by atoms with Crippen LogP contribution in [0.15, 0.2) is 42.7 Å². The number of nitrogens with zero attached hydrogens (tertiary/aromatic N) is 3. The molecule has 0 aliphatic carbocycles. The number of rotatable bonds is 4. The molecule has 0 radical (unpaired) electrons. The minimum atomic E-state index is -1.01. The summed E-state index contributed by atoms with van der Waals surface area (Å²) < 4.78 is 1.50. The fourth-order valence-electron chi connectivity index (χ4n) is 2.26. The maximum Gasteiger partial charge on any atom is 0.338 e. The van der Waals surface area contributed by atoms with Gasteiger partial charge in [-0.3, -0.25) is 0 Å². The lowest BCUT2D eigenvalue weighted by Crippen LogP contribution is -2.00. The van der Waals surface area contributed by atoms with Gasteiger partial charge in [0, 0.05) is 24.0 Å². The molecule has 0 saturated heterocycles. The zero-order valence-electron chi connectivity index (χ0n) is 11.7. The van der Waals surface area contributed by atoms with Crippen LogP contribution in [0.2, 0.25) is 0 Å². The molecule has 0 bridgehead atoms. The maximum absolute atomic E-state index is 10.9. The van der Waals surface area contributed by atoms with E-state index in [4.69, 9.17) is 5.11 Å². The zero-order chi connectivity index (χ0) is 14.8. The number of aryl methyl sites for hydroxylation is 1. The number of aromatic nitrogens is 3. The van der Waals surface area contributed by atoms with Crippen molar-refractivity contribution < 1.29 is 9.90 Å². The second-order valence-electron chi connectivity index (χ2n) is 4.93. The number of hydrogen-bond donors (Lipinski definition) is 1. The smallest absolute Gasteiger partial charge is 0.338 e. The molecule has 1 aromatic carbocycles. The summed E-state index contributed by atoms with van der Waals surface area (Å²) in [6.45, 7) is 2.15. The monoisotopic (exact) mass is 281 g/mol. The normalized spacial score (nSPS) is 10.9. The average molecular weight is 281 g/mol. The fraction of sp³-hybridized carbons (Fsp3) is 0.188. The van der Waals surface area contributed by atoms with Crippen LogP contribution in [0.4, 0.5) is 0 Å². The molecule has 0 unspecified atom stereocenters. The van der Waals surface area contributed by atoms with Gasteiger partial charge in [-0.25, -0.2) is 14.3 Å². The molecule has 0 aliphatic rings.